The van der Waals surface area contributed by atoms with E-state index >= 15 is 0 Å². The Morgan fingerprint density at radius 3 is 2.39 bits per heavy atom. The van der Waals surface area contributed by atoms with Gasteiger partial charge in [-0.2, -0.15) is 0 Å². The fourth-order valence-electron chi connectivity index (χ4n) is 2.93. The lowest BCUT2D eigenvalue weighted by molar-refractivity contribution is 0.102. The van der Waals surface area contributed by atoms with E-state index in [-0.39, 0.29) is 23.4 Å². The van der Waals surface area contributed by atoms with Crippen molar-refractivity contribution in [1.29, 1.82) is 0 Å². The summed E-state index contributed by atoms with van der Waals surface area (Å²) in [6, 6.07) is 9.15. The van der Waals surface area contributed by atoms with Crippen LogP contribution in [-0.2, 0) is 13.1 Å². The first-order valence-corrected chi connectivity index (χ1v) is 11.3. The Hall–Kier alpha value is -3.50. The second-order valence-electron chi connectivity index (χ2n) is 7.76. The molecule has 0 radical (unpaired) electrons. The third-order valence-electron chi connectivity index (χ3n) is 4.83. The fourth-order valence-corrected chi connectivity index (χ4v) is 3.61. The van der Waals surface area contributed by atoms with E-state index < -0.39 is 0 Å². The van der Waals surface area contributed by atoms with E-state index in [1.54, 1.807) is 46.1 Å². The molecule has 0 fully saturated rings. The first kappa shape index (κ1) is 24.1. The number of rotatable bonds is 9. The molecule has 0 aliphatic heterocycles. The quantitative estimate of drug-likeness (QED) is 0.445. The first-order chi connectivity index (χ1) is 15.8. The van der Waals surface area contributed by atoms with E-state index in [0.717, 1.165) is 11.1 Å². The van der Waals surface area contributed by atoms with Crippen molar-refractivity contribution in [3.8, 4) is 0 Å². The fraction of sp³-hybridized carbons (Fsp3) is 0.261. The van der Waals surface area contributed by atoms with Crippen molar-refractivity contribution in [2.24, 2.45) is 0 Å². The van der Waals surface area contributed by atoms with Gasteiger partial charge in [-0.1, -0.05) is 18.2 Å². The second-order valence-corrected chi connectivity index (χ2v) is 8.50. The van der Waals surface area contributed by atoms with Gasteiger partial charge >= 0.3 is 6.03 Å². The molecule has 0 bridgehead atoms. The van der Waals surface area contributed by atoms with Gasteiger partial charge in [0.05, 0.1) is 11.4 Å². The molecule has 0 aliphatic rings. The number of anilines is 2. The number of hydrogen-bond acceptors (Lipinski definition) is 6. The Morgan fingerprint density at radius 2 is 1.79 bits per heavy atom. The molecular formula is C23H27FN6O2S. The van der Waals surface area contributed by atoms with Crippen LogP contribution in [0.15, 0.2) is 53.4 Å². The summed E-state index contributed by atoms with van der Waals surface area (Å²) in [4.78, 5) is 33.1. The zero-order valence-electron chi connectivity index (χ0n) is 18.5. The van der Waals surface area contributed by atoms with Gasteiger partial charge in [0.15, 0.2) is 0 Å². The second kappa shape index (κ2) is 11.4. The maximum Gasteiger partial charge on any atom is 0.318 e. The summed E-state index contributed by atoms with van der Waals surface area (Å²) in [7, 11) is 3.87. The number of amides is 3. The van der Waals surface area contributed by atoms with Crippen molar-refractivity contribution in [3.63, 3.8) is 0 Å². The monoisotopic (exact) mass is 470 g/mol. The van der Waals surface area contributed by atoms with E-state index in [4.69, 9.17) is 5.73 Å². The SMILES string of the molecule is CN(C)CCN(Cc1ccc(C(=O)Nc2cscc2N)nc1)C(=O)NCc1ccc(F)cc1. The third-order valence-corrected chi connectivity index (χ3v) is 5.59. The number of nitrogens with one attached hydrogen (secondary N) is 2. The third kappa shape index (κ3) is 7.26. The highest BCUT2D eigenvalue weighted by molar-refractivity contribution is 7.09. The highest BCUT2D eigenvalue weighted by Crippen LogP contribution is 2.23. The van der Waals surface area contributed by atoms with E-state index in [2.05, 4.69) is 15.6 Å². The van der Waals surface area contributed by atoms with Gasteiger partial charge in [0.2, 0.25) is 0 Å². The van der Waals surface area contributed by atoms with Crippen molar-refractivity contribution in [2.75, 3.05) is 38.2 Å². The molecule has 3 rings (SSSR count). The van der Waals surface area contributed by atoms with Gasteiger partial charge in [-0.15, -0.1) is 11.3 Å². The largest absolute Gasteiger partial charge is 0.396 e. The number of likely N-dealkylation sites (N-methyl/N-ethyl adjacent to an activating group) is 1. The number of halogens is 1. The molecule has 0 aliphatic carbocycles. The van der Waals surface area contributed by atoms with E-state index in [0.29, 0.717) is 37.6 Å². The summed E-state index contributed by atoms with van der Waals surface area (Å²) >= 11 is 1.40. The van der Waals surface area contributed by atoms with E-state index in [1.165, 1.54) is 23.5 Å². The number of nitrogens with zero attached hydrogens (tertiary/aromatic N) is 3. The van der Waals surface area contributed by atoms with Crippen LogP contribution in [0.4, 0.5) is 20.6 Å². The summed E-state index contributed by atoms with van der Waals surface area (Å²) in [5.74, 6) is -0.672. The molecule has 0 spiro atoms. The number of urea groups is 1. The summed E-state index contributed by atoms with van der Waals surface area (Å²) in [6.45, 7) is 1.80. The van der Waals surface area contributed by atoms with Gasteiger partial charge in [0.1, 0.15) is 11.5 Å². The van der Waals surface area contributed by atoms with E-state index in [9.17, 15) is 14.0 Å². The molecule has 2 aromatic heterocycles. The minimum Gasteiger partial charge on any atom is -0.396 e. The zero-order chi connectivity index (χ0) is 23.8. The number of carbonyl (C=O) groups is 2. The summed E-state index contributed by atoms with van der Waals surface area (Å²) in [6.07, 6.45) is 1.59. The summed E-state index contributed by atoms with van der Waals surface area (Å²) < 4.78 is 13.1. The van der Waals surface area contributed by atoms with Gasteiger partial charge in [-0.25, -0.2) is 9.18 Å². The molecule has 3 amide bonds. The Kier molecular flexibility index (Phi) is 8.34. The normalized spacial score (nSPS) is 10.8. The topological polar surface area (TPSA) is 104 Å². The average Bonchev–Trinajstić information content (AvgIpc) is 3.20. The van der Waals surface area contributed by atoms with Crippen LogP contribution < -0.4 is 16.4 Å². The van der Waals surface area contributed by atoms with Gasteiger partial charge in [-0.3, -0.25) is 9.78 Å². The Bertz CT molecular complexity index is 1070. The maximum atomic E-state index is 13.1. The smallest absolute Gasteiger partial charge is 0.318 e. The molecule has 8 nitrogen and oxygen atoms in total. The number of hydrogen-bond donors (Lipinski definition) is 3. The number of aromatic nitrogens is 1. The standard InChI is InChI=1S/C23H27FN6O2S/c1-29(2)9-10-30(23(32)27-11-16-3-6-18(24)7-4-16)13-17-5-8-20(26-12-17)22(31)28-21-15-33-14-19(21)25/h3-8,12,14-15H,9-11,13,25H2,1-2H3,(H,27,32)(H,28,31). The molecule has 0 saturated heterocycles. The first-order valence-electron chi connectivity index (χ1n) is 10.3. The molecule has 2 heterocycles. The highest BCUT2D eigenvalue weighted by Gasteiger charge is 2.16. The average molecular weight is 471 g/mol. The maximum absolute atomic E-state index is 13.1. The molecule has 0 saturated carbocycles. The Morgan fingerprint density at radius 1 is 1.06 bits per heavy atom. The Balaban J connectivity index is 1.62. The van der Waals surface area contributed by atoms with Crippen molar-refractivity contribution in [1.82, 2.24) is 20.1 Å². The summed E-state index contributed by atoms with van der Waals surface area (Å²) in [5, 5.41) is 9.11. The predicted molar refractivity (Wildman–Crippen MR) is 129 cm³/mol. The molecule has 174 valence electrons. The predicted octanol–water partition coefficient (Wildman–Crippen LogP) is 3.39. The number of nitrogen functional groups attached to an aromatic ring is 1. The van der Waals surface area contributed by atoms with Crippen molar-refractivity contribution in [3.05, 3.63) is 76.0 Å². The lowest BCUT2D eigenvalue weighted by Gasteiger charge is -2.25. The minimum absolute atomic E-state index is 0.240. The number of pyridine rings is 1. The van der Waals surface area contributed by atoms with Crippen molar-refractivity contribution < 1.29 is 14.0 Å². The molecule has 3 aromatic rings. The molecule has 0 unspecified atom stereocenters. The number of benzene rings is 1. The number of carbonyl (C=O) groups excluding carboxylic acids is 2. The van der Waals surface area contributed by atoms with Gasteiger partial charge < -0.3 is 26.2 Å². The number of nitrogens with two attached hydrogens (primary N) is 1. The number of thiophene rings is 1. The lowest BCUT2D eigenvalue weighted by atomic mass is 10.2. The minimum atomic E-state index is -0.354. The van der Waals surface area contributed by atoms with Crippen LogP contribution >= 0.6 is 11.3 Å². The van der Waals surface area contributed by atoms with Gasteiger partial charge in [0.25, 0.3) is 5.91 Å². The Labute approximate surface area is 196 Å². The molecule has 0 atom stereocenters. The van der Waals surface area contributed by atoms with Crippen LogP contribution in [0.5, 0.6) is 0 Å². The van der Waals surface area contributed by atoms with Crippen LogP contribution in [-0.4, -0.2) is 53.9 Å². The molecule has 33 heavy (non-hydrogen) atoms. The van der Waals surface area contributed by atoms with Crippen LogP contribution in [0.3, 0.4) is 0 Å². The van der Waals surface area contributed by atoms with Crippen molar-refractivity contribution >= 4 is 34.6 Å². The highest BCUT2D eigenvalue weighted by atomic mass is 32.1. The molecule has 10 heteroatoms. The van der Waals surface area contributed by atoms with Crippen LogP contribution in [0, 0.1) is 5.82 Å². The van der Waals surface area contributed by atoms with Crippen LogP contribution in [0.2, 0.25) is 0 Å². The van der Waals surface area contributed by atoms with Crippen LogP contribution in [0.25, 0.3) is 0 Å². The molecule has 4 N–H and O–H groups in total. The van der Waals surface area contributed by atoms with Crippen molar-refractivity contribution in [2.45, 2.75) is 13.1 Å². The van der Waals surface area contributed by atoms with E-state index in [1.807, 2.05) is 19.0 Å². The zero-order valence-corrected chi connectivity index (χ0v) is 19.4. The van der Waals surface area contributed by atoms with Gasteiger partial charge in [0, 0.05) is 43.1 Å². The van der Waals surface area contributed by atoms with Gasteiger partial charge in [-0.05, 0) is 43.4 Å². The van der Waals surface area contributed by atoms with Crippen LogP contribution in [0.1, 0.15) is 21.6 Å². The lowest BCUT2D eigenvalue weighted by Crippen LogP contribution is -2.42. The molecular weight excluding hydrogens is 443 g/mol. The summed E-state index contributed by atoms with van der Waals surface area (Å²) in [5.41, 5.74) is 8.72. The molecule has 1 aromatic carbocycles.